The topological polar surface area (TPSA) is 122 Å². The molecule has 4 amide bonds. The number of hydrogen-bond acceptors (Lipinski definition) is 7. The van der Waals surface area contributed by atoms with Crippen LogP contribution in [0.15, 0.2) is 60.8 Å². The van der Waals surface area contributed by atoms with E-state index in [1.165, 1.54) is 13.2 Å². The molecule has 234 valence electrons. The fourth-order valence-corrected chi connectivity index (χ4v) is 5.62. The molecule has 4 heterocycles. The quantitative estimate of drug-likeness (QED) is 0.298. The van der Waals surface area contributed by atoms with Crippen LogP contribution in [-0.4, -0.2) is 64.3 Å². The number of halogens is 3. The van der Waals surface area contributed by atoms with Gasteiger partial charge in [0.15, 0.2) is 0 Å². The van der Waals surface area contributed by atoms with Crippen molar-refractivity contribution in [3.8, 4) is 5.75 Å². The lowest BCUT2D eigenvalue weighted by Gasteiger charge is -2.32. The number of alkyl halides is 3. The Balaban J connectivity index is 1.08. The lowest BCUT2D eigenvalue weighted by molar-refractivity contribution is -0.141. The van der Waals surface area contributed by atoms with Gasteiger partial charge in [-0.1, -0.05) is 18.2 Å². The highest BCUT2D eigenvalue weighted by atomic mass is 19.4. The van der Waals surface area contributed by atoms with Crippen LogP contribution in [0.5, 0.6) is 5.75 Å². The zero-order chi connectivity index (χ0) is 31.7. The van der Waals surface area contributed by atoms with E-state index in [-0.39, 0.29) is 24.1 Å². The van der Waals surface area contributed by atoms with Crippen molar-refractivity contribution in [3.05, 3.63) is 77.7 Å². The SMILES string of the molecule is COc1cc2nn(C3CCN(Cc4ccc(N5CCC(=O)NC5=O)cc4)CC3)cc2cc1NC(=O)c1cccc(C(F)(F)F)n1. The van der Waals surface area contributed by atoms with E-state index in [1.807, 2.05) is 35.1 Å². The van der Waals surface area contributed by atoms with Gasteiger partial charge in [-0.3, -0.25) is 29.4 Å². The summed E-state index contributed by atoms with van der Waals surface area (Å²) in [5.74, 6) is -0.729. The molecule has 0 spiro atoms. The Morgan fingerprint density at radius 3 is 2.51 bits per heavy atom. The lowest BCUT2D eigenvalue weighted by Crippen LogP contribution is -2.49. The van der Waals surface area contributed by atoms with Gasteiger partial charge in [0.05, 0.1) is 24.4 Å². The van der Waals surface area contributed by atoms with Crippen molar-refractivity contribution in [2.24, 2.45) is 0 Å². The standard InChI is InChI=1S/C31H30F3N7O4/c1-45-26-16-24-20(15-25(26)36-29(43)23-3-2-4-27(35-23)31(32,33)34)18-41(38-24)22-9-12-39(13-10-22)17-19-5-7-21(8-6-19)40-14-11-28(42)37-30(40)44/h2-8,15-16,18,22H,9-14,17H2,1H3,(H,36,43)(H,37,42,44). The Kier molecular flexibility index (Phi) is 8.14. The number of aromatic nitrogens is 3. The number of likely N-dealkylation sites (tertiary alicyclic amines) is 1. The molecule has 0 saturated carbocycles. The number of fused-ring (bicyclic) bond motifs is 1. The molecule has 2 aliphatic rings. The number of carbonyl (C=O) groups excluding carboxylic acids is 3. The maximum atomic E-state index is 13.1. The van der Waals surface area contributed by atoms with E-state index in [1.54, 1.807) is 17.0 Å². The molecule has 2 saturated heterocycles. The number of carbonyl (C=O) groups is 3. The van der Waals surface area contributed by atoms with Crippen molar-refractivity contribution in [2.75, 3.05) is 37.0 Å². The van der Waals surface area contributed by atoms with Crippen molar-refractivity contribution >= 4 is 40.1 Å². The van der Waals surface area contributed by atoms with Crippen molar-refractivity contribution in [1.82, 2.24) is 25.0 Å². The Morgan fingerprint density at radius 1 is 1.07 bits per heavy atom. The van der Waals surface area contributed by atoms with Gasteiger partial charge in [-0.2, -0.15) is 18.3 Å². The molecule has 0 atom stereocenters. The smallest absolute Gasteiger partial charge is 0.433 e. The van der Waals surface area contributed by atoms with E-state index in [9.17, 15) is 27.6 Å². The summed E-state index contributed by atoms with van der Waals surface area (Å²) in [5.41, 5.74) is 1.32. The van der Waals surface area contributed by atoms with Crippen LogP contribution < -0.4 is 20.3 Å². The first kappa shape index (κ1) is 30.1. The molecule has 0 bridgehead atoms. The van der Waals surface area contributed by atoms with E-state index in [0.717, 1.165) is 61.2 Å². The third-order valence-corrected chi connectivity index (χ3v) is 8.00. The van der Waals surface area contributed by atoms with Crippen LogP contribution >= 0.6 is 0 Å². The molecule has 4 aromatic rings. The molecular formula is C31H30F3N7O4. The van der Waals surface area contributed by atoms with Crippen molar-refractivity contribution in [1.29, 1.82) is 0 Å². The zero-order valence-electron chi connectivity index (χ0n) is 24.3. The van der Waals surface area contributed by atoms with Crippen LogP contribution in [-0.2, 0) is 17.5 Å². The minimum absolute atomic E-state index is 0.162. The van der Waals surface area contributed by atoms with Gasteiger partial charge < -0.3 is 10.1 Å². The Bertz CT molecular complexity index is 1750. The van der Waals surface area contributed by atoms with Crippen LogP contribution in [0.3, 0.4) is 0 Å². The fourth-order valence-electron chi connectivity index (χ4n) is 5.62. The highest BCUT2D eigenvalue weighted by Gasteiger charge is 2.33. The molecule has 2 aromatic carbocycles. The normalized spacial score (nSPS) is 16.6. The van der Waals surface area contributed by atoms with Gasteiger partial charge in [-0.15, -0.1) is 0 Å². The largest absolute Gasteiger partial charge is 0.494 e. The number of amides is 4. The summed E-state index contributed by atoms with van der Waals surface area (Å²) in [5, 5.41) is 10.5. The lowest BCUT2D eigenvalue weighted by atomic mass is 10.0. The number of nitrogens with zero attached hydrogens (tertiary/aromatic N) is 5. The number of piperidine rings is 1. The summed E-state index contributed by atoms with van der Waals surface area (Å²) in [6.07, 6.45) is -0.746. The molecule has 0 radical (unpaired) electrons. The molecule has 0 aliphatic carbocycles. The molecule has 11 nitrogen and oxygen atoms in total. The van der Waals surface area contributed by atoms with Gasteiger partial charge in [0.1, 0.15) is 17.1 Å². The number of benzene rings is 2. The van der Waals surface area contributed by atoms with Crippen molar-refractivity contribution in [3.63, 3.8) is 0 Å². The zero-order valence-corrected chi connectivity index (χ0v) is 24.3. The minimum Gasteiger partial charge on any atom is -0.494 e. The maximum absolute atomic E-state index is 13.1. The second kappa shape index (κ2) is 12.2. The summed E-state index contributed by atoms with van der Waals surface area (Å²) in [6, 6.07) is 14.1. The Hall–Kier alpha value is -4.98. The Labute approximate surface area is 256 Å². The highest BCUT2D eigenvalue weighted by molar-refractivity contribution is 6.06. The molecule has 2 N–H and O–H groups in total. The van der Waals surface area contributed by atoms with Crippen molar-refractivity contribution < 1.29 is 32.3 Å². The average molecular weight is 622 g/mol. The number of nitrogens with one attached hydrogen (secondary N) is 2. The number of rotatable bonds is 7. The number of imide groups is 1. The summed E-state index contributed by atoms with van der Waals surface area (Å²) in [7, 11) is 1.44. The summed E-state index contributed by atoms with van der Waals surface area (Å²) >= 11 is 0. The first-order valence-corrected chi connectivity index (χ1v) is 14.4. The summed E-state index contributed by atoms with van der Waals surface area (Å²) in [6.45, 7) is 2.83. The second-order valence-electron chi connectivity index (χ2n) is 11.0. The number of pyridine rings is 1. The van der Waals surface area contributed by atoms with Gasteiger partial charge in [-0.25, -0.2) is 9.78 Å². The first-order valence-electron chi connectivity index (χ1n) is 14.4. The molecule has 2 fully saturated rings. The van der Waals surface area contributed by atoms with Crippen LogP contribution in [0.4, 0.5) is 29.3 Å². The number of ether oxygens (including phenoxy) is 1. The van der Waals surface area contributed by atoms with E-state index in [0.29, 0.717) is 23.5 Å². The molecule has 2 aliphatic heterocycles. The van der Waals surface area contributed by atoms with E-state index >= 15 is 0 Å². The second-order valence-corrected chi connectivity index (χ2v) is 11.0. The summed E-state index contributed by atoms with van der Waals surface area (Å²) < 4.78 is 46.6. The average Bonchev–Trinajstić information content (AvgIpc) is 3.44. The van der Waals surface area contributed by atoms with E-state index in [4.69, 9.17) is 9.84 Å². The third-order valence-electron chi connectivity index (χ3n) is 8.00. The van der Waals surface area contributed by atoms with Crippen LogP contribution in [0.1, 0.15) is 47.1 Å². The number of urea groups is 1. The van der Waals surface area contributed by atoms with Crippen LogP contribution in [0.25, 0.3) is 10.9 Å². The third kappa shape index (κ3) is 6.60. The molecule has 0 unspecified atom stereocenters. The number of methoxy groups -OCH3 is 1. The maximum Gasteiger partial charge on any atom is 0.433 e. The molecule has 14 heteroatoms. The summed E-state index contributed by atoms with van der Waals surface area (Å²) in [4.78, 5) is 43.7. The van der Waals surface area contributed by atoms with Gasteiger partial charge in [0, 0.05) is 55.9 Å². The molecule has 2 aromatic heterocycles. The van der Waals surface area contributed by atoms with Gasteiger partial charge in [-0.05, 0) is 48.7 Å². The van der Waals surface area contributed by atoms with Crippen molar-refractivity contribution in [2.45, 2.75) is 38.0 Å². The monoisotopic (exact) mass is 621 g/mol. The fraction of sp³-hybridized carbons (Fsp3) is 0.323. The van der Waals surface area contributed by atoms with Gasteiger partial charge >= 0.3 is 12.2 Å². The predicted molar refractivity (Wildman–Crippen MR) is 159 cm³/mol. The predicted octanol–water partition coefficient (Wildman–Crippen LogP) is 4.99. The Morgan fingerprint density at radius 2 is 1.82 bits per heavy atom. The number of hydrogen-bond donors (Lipinski definition) is 2. The minimum atomic E-state index is -4.67. The molecule has 45 heavy (non-hydrogen) atoms. The molecular weight excluding hydrogens is 591 g/mol. The highest BCUT2D eigenvalue weighted by Crippen LogP contribution is 2.33. The van der Waals surface area contributed by atoms with E-state index < -0.39 is 23.8 Å². The van der Waals surface area contributed by atoms with Gasteiger partial charge in [0.25, 0.3) is 5.91 Å². The number of anilines is 2. The molecule has 6 rings (SSSR count). The van der Waals surface area contributed by atoms with Gasteiger partial charge in [0.2, 0.25) is 5.91 Å². The van der Waals surface area contributed by atoms with E-state index in [2.05, 4.69) is 20.5 Å². The first-order chi connectivity index (χ1) is 21.6. The van der Waals surface area contributed by atoms with Crippen LogP contribution in [0, 0.1) is 0 Å². The van der Waals surface area contributed by atoms with Crippen LogP contribution in [0.2, 0.25) is 0 Å².